The lowest BCUT2D eigenvalue weighted by Gasteiger charge is -2.31. The van der Waals surface area contributed by atoms with Crippen LogP contribution in [0.5, 0.6) is 0 Å². The zero-order valence-electron chi connectivity index (χ0n) is 10.1. The third-order valence-electron chi connectivity index (χ3n) is 4.26. The smallest absolute Gasteiger partial charge is 0.134 e. The molecule has 0 radical (unpaired) electrons. The Bertz CT molecular complexity index is 401. The molecule has 1 saturated heterocycles. The van der Waals surface area contributed by atoms with Crippen molar-refractivity contribution in [2.45, 2.75) is 38.3 Å². The number of nitrogens with zero attached hydrogens (tertiary/aromatic N) is 1. The van der Waals surface area contributed by atoms with Crippen LogP contribution >= 0.6 is 0 Å². The number of ketones is 1. The van der Waals surface area contributed by atoms with E-state index in [1.54, 1.807) is 0 Å². The summed E-state index contributed by atoms with van der Waals surface area (Å²) < 4.78 is 0. The second-order valence-electron chi connectivity index (χ2n) is 5.35. The first kappa shape index (κ1) is 11.0. The molecular weight excluding hydrogens is 210 g/mol. The van der Waals surface area contributed by atoms with Gasteiger partial charge in [-0.2, -0.15) is 0 Å². The number of hydrogen-bond acceptors (Lipinski definition) is 2. The lowest BCUT2D eigenvalue weighted by Crippen LogP contribution is -2.37. The normalized spacial score (nSPS) is 29.3. The Balaban J connectivity index is 1.70. The lowest BCUT2D eigenvalue weighted by molar-refractivity contribution is -0.122. The maximum Gasteiger partial charge on any atom is 0.134 e. The highest BCUT2D eigenvalue weighted by molar-refractivity contribution is 5.80. The van der Waals surface area contributed by atoms with Gasteiger partial charge in [0.2, 0.25) is 0 Å². The molecule has 2 atom stereocenters. The van der Waals surface area contributed by atoms with Crippen molar-refractivity contribution < 1.29 is 4.79 Å². The third kappa shape index (κ3) is 2.27. The summed E-state index contributed by atoms with van der Waals surface area (Å²) in [6.45, 7) is 2.17. The zero-order valence-corrected chi connectivity index (χ0v) is 10.1. The molecule has 0 aromatic heterocycles. The fraction of sp³-hybridized carbons (Fsp3) is 0.533. The predicted molar refractivity (Wildman–Crippen MR) is 67.6 cm³/mol. The SMILES string of the molecule is O=C1CC[C@H]2CCN(Cc3ccccc3)[C@H]2C1. The Hall–Kier alpha value is -1.15. The number of Topliss-reactive ketones (excluding diaryl/α,β-unsaturated/α-hetero) is 1. The minimum Gasteiger partial charge on any atom is -0.300 e. The number of carbonyl (C=O) groups is 1. The summed E-state index contributed by atoms with van der Waals surface area (Å²) in [5.41, 5.74) is 1.37. The number of hydrogen-bond donors (Lipinski definition) is 0. The summed E-state index contributed by atoms with van der Waals surface area (Å²) in [6, 6.07) is 11.1. The molecule has 1 heterocycles. The van der Waals surface area contributed by atoms with Gasteiger partial charge in [-0.05, 0) is 30.9 Å². The summed E-state index contributed by atoms with van der Waals surface area (Å²) in [5.74, 6) is 1.24. The highest BCUT2D eigenvalue weighted by atomic mass is 16.1. The van der Waals surface area contributed by atoms with Crippen molar-refractivity contribution in [1.82, 2.24) is 4.90 Å². The molecule has 0 unspecified atom stereocenters. The van der Waals surface area contributed by atoms with Gasteiger partial charge in [0, 0.05) is 25.4 Å². The van der Waals surface area contributed by atoms with Crippen LogP contribution in [0.3, 0.4) is 0 Å². The van der Waals surface area contributed by atoms with Gasteiger partial charge in [-0.3, -0.25) is 9.69 Å². The van der Waals surface area contributed by atoms with E-state index in [4.69, 9.17) is 0 Å². The molecule has 0 bridgehead atoms. The first-order chi connectivity index (χ1) is 8.33. The average molecular weight is 229 g/mol. The van der Waals surface area contributed by atoms with Gasteiger partial charge in [0.05, 0.1) is 0 Å². The van der Waals surface area contributed by atoms with Crippen molar-refractivity contribution in [3.05, 3.63) is 35.9 Å². The molecule has 1 aromatic rings. The van der Waals surface area contributed by atoms with Gasteiger partial charge in [0.1, 0.15) is 5.78 Å². The Morgan fingerprint density at radius 3 is 2.82 bits per heavy atom. The Morgan fingerprint density at radius 1 is 1.18 bits per heavy atom. The number of carbonyl (C=O) groups excluding carboxylic acids is 1. The number of benzene rings is 1. The molecule has 2 nitrogen and oxygen atoms in total. The van der Waals surface area contributed by atoms with Gasteiger partial charge < -0.3 is 0 Å². The summed E-state index contributed by atoms with van der Waals surface area (Å²) in [7, 11) is 0. The second kappa shape index (κ2) is 4.61. The molecule has 0 amide bonds. The monoisotopic (exact) mass is 229 g/mol. The van der Waals surface area contributed by atoms with Gasteiger partial charge in [-0.15, -0.1) is 0 Å². The number of rotatable bonds is 2. The van der Waals surface area contributed by atoms with Crippen LogP contribution in [0.2, 0.25) is 0 Å². The fourth-order valence-corrected chi connectivity index (χ4v) is 3.32. The highest BCUT2D eigenvalue weighted by Gasteiger charge is 2.38. The van der Waals surface area contributed by atoms with Crippen LogP contribution in [0.25, 0.3) is 0 Å². The molecule has 1 aliphatic carbocycles. The molecule has 1 saturated carbocycles. The van der Waals surface area contributed by atoms with Gasteiger partial charge in [-0.25, -0.2) is 0 Å². The van der Waals surface area contributed by atoms with Crippen LogP contribution in [0.1, 0.15) is 31.2 Å². The van der Waals surface area contributed by atoms with E-state index < -0.39 is 0 Å². The summed E-state index contributed by atoms with van der Waals surface area (Å²) in [5, 5.41) is 0. The second-order valence-corrected chi connectivity index (χ2v) is 5.35. The standard InChI is InChI=1S/C15H19NO/c17-14-7-6-13-8-9-16(15(13)10-14)11-12-4-2-1-3-5-12/h1-5,13,15H,6-11H2/t13-,15-/m0/s1. The van der Waals surface area contributed by atoms with E-state index in [9.17, 15) is 4.79 Å². The number of likely N-dealkylation sites (tertiary alicyclic amines) is 1. The molecule has 3 rings (SSSR count). The zero-order chi connectivity index (χ0) is 11.7. The van der Waals surface area contributed by atoms with E-state index in [1.807, 2.05) is 0 Å². The van der Waals surface area contributed by atoms with E-state index in [-0.39, 0.29) is 0 Å². The predicted octanol–water partition coefficient (Wildman–Crippen LogP) is 2.63. The maximum absolute atomic E-state index is 11.6. The van der Waals surface area contributed by atoms with Crippen molar-refractivity contribution in [3.8, 4) is 0 Å². The van der Waals surface area contributed by atoms with Crippen molar-refractivity contribution in [2.24, 2.45) is 5.92 Å². The first-order valence-electron chi connectivity index (χ1n) is 6.62. The van der Waals surface area contributed by atoms with E-state index in [0.717, 1.165) is 38.3 Å². The van der Waals surface area contributed by atoms with E-state index in [2.05, 4.69) is 35.2 Å². The van der Waals surface area contributed by atoms with E-state index in [1.165, 1.54) is 12.0 Å². The lowest BCUT2D eigenvalue weighted by atomic mass is 9.84. The molecule has 17 heavy (non-hydrogen) atoms. The summed E-state index contributed by atoms with van der Waals surface area (Å²) in [6.07, 6.45) is 4.01. The molecule has 1 aliphatic heterocycles. The Labute approximate surface area is 103 Å². The molecule has 0 N–H and O–H groups in total. The largest absolute Gasteiger partial charge is 0.300 e. The van der Waals surface area contributed by atoms with Crippen LogP contribution in [-0.4, -0.2) is 23.3 Å². The quantitative estimate of drug-likeness (QED) is 0.777. The van der Waals surface area contributed by atoms with Crippen LogP contribution in [-0.2, 0) is 11.3 Å². The summed E-state index contributed by atoms with van der Waals surface area (Å²) in [4.78, 5) is 14.1. The van der Waals surface area contributed by atoms with Gasteiger partial charge >= 0.3 is 0 Å². The minimum absolute atomic E-state index is 0.464. The molecule has 90 valence electrons. The van der Waals surface area contributed by atoms with Crippen LogP contribution in [0.15, 0.2) is 30.3 Å². The average Bonchev–Trinajstić information content (AvgIpc) is 2.73. The third-order valence-corrected chi connectivity index (χ3v) is 4.26. The van der Waals surface area contributed by atoms with E-state index >= 15 is 0 Å². The van der Waals surface area contributed by atoms with Gasteiger partial charge in [0.15, 0.2) is 0 Å². The van der Waals surface area contributed by atoms with Gasteiger partial charge in [-0.1, -0.05) is 30.3 Å². The van der Waals surface area contributed by atoms with Crippen molar-refractivity contribution in [2.75, 3.05) is 6.54 Å². The molecule has 1 aromatic carbocycles. The minimum atomic E-state index is 0.464. The fourth-order valence-electron chi connectivity index (χ4n) is 3.32. The van der Waals surface area contributed by atoms with Crippen molar-refractivity contribution in [1.29, 1.82) is 0 Å². The Morgan fingerprint density at radius 2 is 2.00 bits per heavy atom. The van der Waals surface area contributed by atoms with Crippen LogP contribution < -0.4 is 0 Å². The number of fused-ring (bicyclic) bond motifs is 1. The van der Waals surface area contributed by atoms with E-state index in [0.29, 0.717) is 11.8 Å². The van der Waals surface area contributed by atoms with Gasteiger partial charge in [0.25, 0.3) is 0 Å². The topological polar surface area (TPSA) is 20.3 Å². The molecule has 2 heteroatoms. The highest BCUT2D eigenvalue weighted by Crippen LogP contribution is 2.35. The maximum atomic E-state index is 11.6. The molecule has 2 aliphatic rings. The van der Waals surface area contributed by atoms with Crippen LogP contribution in [0.4, 0.5) is 0 Å². The Kier molecular flexibility index (Phi) is 2.98. The van der Waals surface area contributed by atoms with Crippen molar-refractivity contribution in [3.63, 3.8) is 0 Å². The first-order valence-corrected chi connectivity index (χ1v) is 6.62. The summed E-state index contributed by atoms with van der Waals surface area (Å²) >= 11 is 0. The van der Waals surface area contributed by atoms with Crippen molar-refractivity contribution >= 4 is 5.78 Å². The van der Waals surface area contributed by atoms with Crippen LogP contribution in [0, 0.1) is 5.92 Å². The molecular formula is C15H19NO. The molecule has 0 spiro atoms. The molecule has 2 fully saturated rings.